The Hall–Kier alpha value is -0.510. The lowest BCUT2D eigenvalue weighted by Gasteiger charge is -2.15. The lowest BCUT2D eigenvalue weighted by Crippen LogP contribution is -2.32. The third kappa shape index (κ3) is 7.60. The van der Waals surface area contributed by atoms with Crippen molar-refractivity contribution < 1.29 is 13.2 Å². The van der Waals surface area contributed by atoms with Crippen molar-refractivity contribution in [2.45, 2.75) is 32.5 Å². The predicted molar refractivity (Wildman–Crippen MR) is 43.0 cm³/mol. The molecule has 0 amide bonds. The largest absolute Gasteiger partial charge is 0.390 e. The summed E-state index contributed by atoms with van der Waals surface area (Å²) in [5.41, 5.74) is 0.837. The van der Waals surface area contributed by atoms with Gasteiger partial charge in [0.1, 0.15) is 0 Å². The molecule has 1 atom stereocenters. The van der Waals surface area contributed by atoms with E-state index < -0.39 is 18.6 Å². The molecule has 0 heterocycles. The second-order valence-electron chi connectivity index (χ2n) is 3.06. The molecule has 0 aliphatic rings. The number of hydrogen-bond donors (Lipinski definition) is 1. The first-order chi connectivity index (χ1) is 5.31. The second kappa shape index (κ2) is 4.50. The molecule has 0 fully saturated rings. The Balaban J connectivity index is 3.60. The van der Waals surface area contributed by atoms with E-state index in [0.29, 0.717) is 6.54 Å². The Morgan fingerprint density at radius 1 is 1.50 bits per heavy atom. The number of alkyl halides is 3. The highest BCUT2D eigenvalue weighted by Crippen LogP contribution is 2.21. The van der Waals surface area contributed by atoms with Crippen LogP contribution in [0, 0.1) is 0 Å². The van der Waals surface area contributed by atoms with Gasteiger partial charge in [0.2, 0.25) is 0 Å². The van der Waals surface area contributed by atoms with Crippen molar-refractivity contribution >= 4 is 0 Å². The summed E-state index contributed by atoms with van der Waals surface area (Å²) >= 11 is 0. The molecule has 72 valence electrons. The monoisotopic (exact) mass is 181 g/mol. The van der Waals surface area contributed by atoms with Gasteiger partial charge in [-0.25, -0.2) is 0 Å². The van der Waals surface area contributed by atoms with Crippen molar-refractivity contribution in [3.05, 3.63) is 12.2 Å². The Kier molecular flexibility index (Phi) is 4.31. The van der Waals surface area contributed by atoms with Gasteiger partial charge in [-0.2, -0.15) is 13.2 Å². The first-order valence-corrected chi connectivity index (χ1v) is 3.76. The van der Waals surface area contributed by atoms with Crippen molar-refractivity contribution in [3.8, 4) is 0 Å². The van der Waals surface area contributed by atoms with E-state index in [1.165, 1.54) is 6.92 Å². The van der Waals surface area contributed by atoms with Gasteiger partial charge in [-0.3, -0.25) is 0 Å². The minimum absolute atomic E-state index is 0.442. The molecule has 0 aromatic heterocycles. The maximum absolute atomic E-state index is 11.8. The Morgan fingerprint density at radius 3 is 2.33 bits per heavy atom. The molecular weight excluding hydrogens is 167 g/mol. The van der Waals surface area contributed by atoms with Crippen molar-refractivity contribution in [2.24, 2.45) is 0 Å². The SMILES string of the molecule is C=C(C)CNC(C)CC(F)(F)F. The number of hydrogen-bond acceptors (Lipinski definition) is 1. The van der Waals surface area contributed by atoms with Gasteiger partial charge in [-0.15, -0.1) is 0 Å². The molecular formula is C8H14F3N. The van der Waals surface area contributed by atoms with Gasteiger partial charge in [0.15, 0.2) is 0 Å². The zero-order chi connectivity index (χ0) is 9.78. The average Bonchev–Trinajstić information content (AvgIpc) is 1.79. The number of rotatable bonds is 4. The fourth-order valence-electron chi connectivity index (χ4n) is 0.768. The Morgan fingerprint density at radius 2 is 2.00 bits per heavy atom. The Labute approximate surface area is 70.7 Å². The highest BCUT2D eigenvalue weighted by atomic mass is 19.4. The minimum Gasteiger partial charge on any atom is -0.310 e. The van der Waals surface area contributed by atoms with Gasteiger partial charge in [-0.05, 0) is 13.8 Å². The molecule has 0 aliphatic carbocycles. The van der Waals surface area contributed by atoms with E-state index in [2.05, 4.69) is 11.9 Å². The van der Waals surface area contributed by atoms with Crippen molar-refractivity contribution in [1.82, 2.24) is 5.32 Å². The van der Waals surface area contributed by atoms with Crippen LogP contribution >= 0.6 is 0 Å². The topological polar surface area (TPSA) is 12.0 Å². The lowest BCUT2D eigenvalue weighted by atomic mass is 10.2. The third-order valence-corrected chi connectivity index (χ3v) is 1.29. The van der Waals surface area contributed by atoms with Crippen molar-refractivity contribution in [1.29, 1.82) is 0 Å². The van der Waals surface area contributed by atoms with Crippen LogP contribution < -0.4 is 5.32 Å². The second-order valence-corrected chi connectivity index (χ2v) is 3.06. The molecule has 0 saturated carbocycles. The quantitative estimate of drug-likeness (QED) is 0.657. The van der Waals surface area contributed by atoms with E-state index in [0.717, 1.165) is 5.57 Å². The van der Waals surface area contributed by atoms with Crippen molar-refractivity contribution in [2.75, 3.05) is 6.54 Å². The molecule has 0 spiro atoms. The van der Waals surface area contributed by atoms with E-state index in [1.54, 1.807) is 6.92 Å². The molecule has 12 heavy (non-hydrogen) atoms. The fourth-order valence-corrected chi connectivity index (χ4v) is 0.768. The molecule has 0 bridgehead atoms. The van der Waals surface area contributed by atoms with Crippen LogP contribution in [-0.4, -0.2) is 18.8 Å². The van der Waals surface area contributed by atoms with E-state index in [1.807, 2.05) is 0 Å². The molecule has 0 radical (unpaired) electrons. The number of nitrogens with one attached hydrogen (secondary N) is 1. The smallest absolute Gasteiger partial charge is 0.310 e. The normalized spacial score (nSPS) is 14.4. The summed E-state index contributed by atoms with van der Waals surface area (Å²) in [7, 11) is 0. The Bertz CT molecular complexity index is 151. The number of halogens is 3. The van der Waals surface area contributed by atoms with Crippen molar-refractivity contribution in [3.63, 3.8) is 0 Å². The van der Waals surface area contributed by atoms with Gasteiger partial charge in [0.05, 0.1) is 6.42 Å². The molecule has 0 rings (SSSR count). The van der Waals surface area contributed by atoms with E-state index in [-0.39, 0.29) is 0 Å². The van der Waals surface area contributed by atoms with E-state index >= 15 is 0 Å². The van der Waals surface area contributed by atoms with Crippen LogP contribution in [0.25, 0.3) is 0 Å². The molecule has 0 aromatic carbocycles. The van der Waals surface area contributed by atoms with Crippen LogP contribution in [0.4, 0.5) is 13.2 Å². The molecule has 4 heteroatoms. The zero-order valence-electron chi connectivity index (χ0n) is 7.33. The first-order valence-electron chi connectivity index (χ1n) is 3.76. The minimum atomic E-state index is -4.08. The molecule has 0 aromatic rings. The summed E-state index contributed by atoms with van der Waals surface area (Å²) in [5, 5.41) is 2.72. The van der Waals surface area contributed by atoms with Gasteiger partial charge in [0.25, 0.3) is 0 Å². The standard InChI is InChI=1S/C8H14F3N/c1-6(2)5-12-7(3)4-8(9,10)11/h7,12H,1,4-5H2,2-3H3. The van der Waals surface area contributed by atoms with Gasteiger partial charge >= 0.3 is 6.18 Å². The maximum atomic E-state index is 11.8. The lowest BCUT2D eigenvalue weighted by molar-refractivity contribution is -0.138. The molecule has 1 unspecified atom stereocenters. The van der Waals surface area contributed by atoms with Crippen LogP contribution in [0.1, 0.15) is 20.3 Å². The van der Waals surface area contributed by atoms with Crippen LogP contribution in [0.2, 0.25) is 0 Å². The zero-order valence-corrected chi connectivity index (χ0v) is 7.33. The maximum Gasteiger partial charge on any atom is 0.390 e. The van der Waals surface area contributed by atoms with Gasteiger partial charge in [-0.1, -0.05) is 12.2 Å². The predicted octanol–water partition coefficient (Wildman–Crippen LogP) is 2.49. The van der Waals surface area contributed by atoms with Crippen LogP contribution in [0.3, 0.4) is 0 Å². The molecule has 0 aliphatic heterocycles. The summed E-state index contributed by atoms with van der Waals surface area (Å²) in [5.74, 6) is 0. The van der Waals surface area contributed by atoms with Gasteiger partial charge in [0, 0.05) is 12.6 Å². The first kappa shape index (κ1) is 11.5. The van der Waals surface area contributed by atoms with Crippen LogP contribution in [0.15, 0.2) is 12.2 Å². The summed E-state index contributed by atoms with van der Waals surface area (Å²) in [6.45, 7) is 7.30. The third-order valence-electron chi connectivity index (χ3n) is 1.29. The van der Waals surface area contributed by atoms with E-state index in [9.17, 15) is 13.2 Å². The highest BCUT2D eigenvalue weighted by molar-refractivity contribution is 4.91. The van der Waals surface area contributed by atoms with Crippen LogP contribution in [-0.2, 0) is 0 Å². The summed E-state index contributed by atoms with van der Waals surface area (Å²) in [4.78, 5) is 0. The fraction of sp³-hybridized carbons (Fsp3) is 0.750. The molecule has 1 N–H and O–H groups in total. The highest BCUT2D eigenvalue weighted by Gasteiger charge is 2.29. The summed E-state index contributed by atoms with van der Waals surface area (Å²) in [6, 6.07) is -0.540. The van der Waals surface area contributed by atoms with E-state index in [4.69, 9.17) is 0 Å². The summed E-state index contributed by atoms with van der Waals surface area (Å²) in [6.07, 6.45) is -4.87. The summed E-state index contributed by atoms with van der Waals surface area (Å²) < 4.78 is 35.3. The molecule has 1 nitrogen and oxygen atoms in total. The molecule has 0 saturated heterocycles. The average molecular weight is 181 g/mol. The van der Waals surface area contributed by atoms with Gasteiger partial charge < -0.3 is 5.32 Å². The van der Waals surface area contributed by atoms with Crippen LogP contribution in [0.5, 0.6) is 0 Å².